The number of nitrogens with zero attached hydrogens (tertiary/aromatic N) is 5. The highest BCUT2D eigenvalue weighted by atomic mass is 35.5. The number of nitrogens with one attached hydrogen (secondary N) is 1. The second kappa shape index (κ2) is 9.58. The highest BCUT2D eigenvalue weighted by Gasteiger charge is 2.32. The molecule has 4 aromatic rings. The number of aromatic nitrogens is 4. The van der Waals surface area contributed by atoms with Gasteiger partial charge in [0.15, 0.2) is 0 Å². The number of carbonyl (C=O) groups excluding carboxylic acids is 2. The van der Waals surface area contributed by atoms with Crippen molar-refractivity contribution in [2.24, 2.45) is 7.05 Å². The van der Waals surface area contributed by atoms with Gasteiger partial charge in [-0.1, -0.05) is 11.6 Å². The van der Waals surface area contributed by atoms with E-state index in [1.807, 2.05) is 19.2 Å². The van der Waals surface area contributed by atoms with Gasteiger partial charge in [-0.25, -0.2) is 18.7 Å². The van der Waals surface area contributed by atoms with Crippen molar-refractivity contribution < 1.29 is 23.1 Å². The van der Waals surface area contributed by atoms with Crippen molar-refractivity contribution in [3.63, 3.8) is 0 Å². The van der Waals surface area contributed by atoms with E-state index in [0.717, 1.165) is 29.6 Å². The van der Waals surface area contributed by atoms with Crippen LogP contribution in [0.25, 0.3) is 22.5 Å². The maximum absolute atomic E-state index is 14.3. The number of amides is 2. The molecule has 2 aromatic carbocycles. The second-order valence-electron chi connectivity index (χ2n) is 8.27. The lowest BCUT2D eigenvalue weighted by molar-refractivity contribution is -0.120. The maximum Gasteiger partial charge on any atom is 0.289 e. The average Bonchev–Trinajstić information content (AvgIpc) is 3.27. The van der Waals surface area contributed by atoms with Crippen LogP contribution in [0.15, 0.2) is 54.9 Å². The largest absolute Gasteiger partial charge is 0.489 e. The molecule has 12 heteroatoms. The predicted molar refractivity (Wildman–Crippen MR) is 131 cm³/mol. The molecule has 3 heterocycles. The third-order valence-electron chi connectivity index (χ3n) is 5.91. The fourth-order valence-electron chi connectivity index (χ4n) is 3.99. The van der Waals surface area contributed by atoms with Crippen molar-refractivity contribution >= 4 is 29.1 Å². The van der Waals surface area contributed by atoms with Gasteiger partial charge in [-0.15, -0.1) is 0 Å². The van der Waals surface area contributed by atoms with Gasteiger partial charge in [0.1, 0.15) is 30.0 Å². The molecule has 1 aliphatic rings. The van der Waals surface area contributed by atoms with Gasteiger partial charge in [0.05, 0.1) is 28.3 Å². The molecule has 1 N–H and O–H groups in total. The molecule has 0 spiro atoms. The highest BCUT2D eigenvalue weighted by molar-refractivity contribution is 6.33. The normalized spacial score (nSPS) is 15.1. The van der Waals surface area contributed by atoms with E-state index in [9.17, 15) is 18.4 Å². The molecule has 37 heavy (non-hydrogen) atoms. The molecule has 1 atom stereocenters. The Balaban J connectivity index is 1.38. The van der Waals surface area contributed by atoms with Crippen LogP contribution >= 0.6 is 11.6 Å². The lowest BCUT2D eigenvalue weighted by Crippen LogP contribution is -2.49. The summed E-state index contributed by atoms with van der Waals surface area (Å²) in [6.07, 6.45) is 2.81. The standard InChI is InChI=1S/C25H19ClF2N6O3/c1-33-20-9-13(19-7-8-30-34(19)2)3-6-21(20)37-12-18(25(33)36)31-24(35)23-29-11-16(26)22(32-23)15-5-4-14(27)10-17(15)28/h3-11,18H,12H2,1-2H3,(H,31,35). The van der Waals surface area contributed by atoms with E-state index in [1.54, 1.807) is 30.1 Å². The van der Waals surface area contributed by atoms with Crippen LogP contribution < -0.4 is 15.0 Å². The molecule has 0 radical (unpaired) electrons. The zero-order valence-corrected chi connectivity index (χ0v) is 20.3. The van der Waals surface area contributed by atoms with Crippen LogP contribution in [0.1, 0.15) is 10.6 Å². The topological polar surface area (TPSA) is 102 Å². The van der Waals surface area contributed by atoms with Crippen LogP contribution in [0.4, 0.5) is 14.5 Å². The van der Waals surface area contributed by atoms with Gasteiger partial charge < -0.3 is 15.0 Å². The Labute approximate surface area is 214 Å². The zero-order valence-electron chi connectivity index (χ0n) is 19.6. The quantitative estimate of drug-likeness (QED) is 0.437. The number of anilines is 1. The Hall–Kier alpha value is -4.38. The van der Waals surface area contributed by atoms with E-state index < -0.39 is 29.5 Å². The number of halogens is 3. The Morgan fingerprint density at radius 1 is 1.16 bits per heavy atom. The number of carbonyl (C=O) groups is 2. The summed E-state index contributed by atoms with van der Waals surface area (Å²) in [6.45, 7) is -0.139. The molecule has 188 valence electrons. The molecular formula is C25H19ClF2N6O3. The molecule has 1 unspecified atom stereocenters. The molecule has 0 saturated heterocycles. The lowest BCUT2D eigenvalue weighted by atomic mass is 10.1. The Morgan fingerprint density at radius 2 is 1.97 bits per heavy atom. The maximum atomic E-state index is 14.3. The minimum Gasteiger partial charge on any atom is -0.489 e. The number of benzene rings is 2. The number of hydrogen-bond acceptors (Lipinski definition) is 6. The van der Waals surface area contributed by atoms with E-state index in [2.05, 4.69) is 20.4 Å². The van der Waals surface area contributed by atoms with Gasteiger partial charge >= 0.3 is 0 Å². The summed E-state index contributed by atoms with van der Waals surface area (Å²) >= 11 is 6.11. The molecular weight excluding hydrogens is 506 g/mol. The molecule has 2 amide bonds. The lowest BCUT2D eigenvalue weighted by Gasteiger charge is -2.20. The highest BCUT2D eigenvalue weighted by Crippen LogP contribution is 2.35. The van der Waals surface area contributed by atoms with E-state index in [4.69, 9.17) is 16.3 Å². The van der Waals surface area contributed by atoms with Gasteiger partial charge in [-0.3, -0.25) is 14.3 Å². The van der Waals surface area contributed by atoms with Crippen molar-refractivity contribution in [2.45, 2.75) is 6.04 Å². The minimum atomic E-state index is -1.06. The third-order valence-corrected chi connectivity index (χ3v) is 6.19. The first kappa shape index (κ1) is 24.3. The monoisotopic (exact) mass is 524 g/mol. The van der Waals surface area contributed by atoms with Gasteiger partial charge in [0, 0.05) is 37.5 Å². The molecule has 9 nitrogen and oxygen atoms in total. The third kappa shape index (κ3) is 4.60. The number of rotatable bonds is 4. The summed E-state index contributed by atoms with van der Waals surface area (Å²) in [5.41, 5.74) is 2.02. The summed E-state index contributed by atoms with van der Waals surface area (Å²) in [5, 5.41) is 6.71. The summed E-state index contributed by atoms with van der Waals surface area (Å²) in [5.74, 6) is -2.77. The van der Waals surface area contributed by atoms with Crippen LogP contribution in [0.3, 0.4) is 0 Å². The molecule has 2 aromatic heterocycles. The van der Waals surface area contributed by atoms with Crippen LogP contribution in [-0.4, -0.2) is 51.3 Å². The van der Waals surface area contributed by atoms with Crippen molar-refractivity contribution in [3.8, 4) is 28.3 Å². The summed E-state index contributed by atoms with van der Waals surface area (Å²) in [4.78, 5) is 35.6. The van der Waals surface area contributed by atoms with Crippen LogP contribution in [0.5, 0.6) is 5.75 Å². The molecule has 1 aliphatic heterocycles. The van der Waals surface area contributed by atoms with Crippen molar-refractivity contribution in [1.29, 1.82) is 0 Å². The summed E-state index contributed by atoms with van der Waals surface area (Å²) in [6, 6.07) is 9.09. The van der Waals surface area contributed by atoms with E-state index in [-0.39, 0.29) is 28.7 Å². The second-order valence-corrected chi connectivity index (χ2v) is 8.68. The molecule has 0 aliphatic carbocycles. The molecule has 0 saturated carbocycles. The van der Waals surface area contributed by atoms with Gasteiger partial charge in [-0.2, -0.15) is 5.10 Å². The number of ether oxygens (including phenoxy) is 1. The Morgan fingerprint density at radius 3 is 2.70 bits per heavy atom. The number of fused-ring (bicyclic) bond motifs is 1. The average molecular weight is 525 g/mol. The van der Waals surface area contributed by atoms with Gasteiger partial charge in [0.2, 0.25) is 5.82 Å². The number of hydrogen-bond donors (Lipinski definition) is 1. The number of aryl methyl sites for hydroxylation is 1. The first-order chi connectivity index (χ1) is 17.7. The Bertz CT molecular complexity index is 1540. The molecule has 5 rings (SSSR count). The van der Waals surface area contributed by atoms with E-state index in [0.29, 0.717) is 17.5 Å². The van der Waals surface area contributed by atoms with Crippen LogP contribution in [-0.2, 0) is 11.8 Å². The SMILES string of the molecule is CN1C(=O)C(NC(=O)c2ncc(Cl)c(-c3ccc(F)cc3F)n2)COc2ccc(-c3ccnn3C)cc21. The first-order valence-corrected chi connectivity index (χ1v) is 11.4. The molecule has 0 bridgehead atoms. The van der Waals surface area contributed by atoms with Crippen LogP contribution in [0.2, 0.25) is 5.02 Å². The minimum absolute atomic E-state index is 0.0321. The predicted octanol–water partition coefficient (Wildman–Crippen LogP) is 3.63. The van der Waals surface area contributed by atoms with Crippen molar-refractivity contribution in [2.75, 3.05) is 18.6 Å². The van der Waals surface area contributed by atoms with Gasteiger partial charge in [-0.05, 0) is 36.4 Å². The van der Waals surface area contributed by atoms with E-state index in [1.165, 1.54) is 4.90 Å². The zero-order chi connectivity index (χ0) is 26.3. The summed E-state index contributed by atoms with van der Waals surface area (Å²) in [7, 11) is 3.39. The molecule has 0 fully saturated rings. The van der Waals surface area contributed by atoms with Crippen molar-refractivity contribution in [1.82, 2.24) is 25.1 Å². The van der Waals surface area contributed by atoms with E-state index >= 15 is 0 Å². The fraction of sp³-hybridized carbons (Fsp3) is 0.160. The Kier molecular flexibility index (Phi) is 6.30. The summed E-state index contributed by atoms with van der Waals surface area (Å²) < 4.78 is 35.2. The van der Waals surface area contributed by atoms with Crippen LogP contribution in [0, 0.1) is 11.6 Å². The van der Waals surface area contributed by atoms with Crippen molar-refractivity contribution in [3.05, 3.63) is 77.3 Å². The number of likely N-dealkylation sites (N-methyl/N-ethyl adjacent to an activating group) is 1. The smallest absolute Gasteiger partial charge is 0.289 e. The van der Waals surface area contributed by atoms with Gasteiger partial charge in [0.25, 0.3) is 11.8 Å². The fourth-order valence-corrected chi connectivity index (χ4v) is 4.18. The first-order valence-electron chi connectivity index (χ1n) is 11.0.